The molecule has 14 heteroatoms. The van der Waals surface area contributed by atoms with Crippen LogP contribution in [0.15, 0.2) is 218 Å². The first-order valence-corrected chi connectivity index (χ1v) is 29.5. The van der Waals surface area contributed by atoms with E-state index in [0.29, 0.717) is 49.7 Å². The van der Waals surface area contributed by atoms with Gasteiger partial charge < -0.3 is 14.6 Å². The highest BCUT2D eigenvalue weighted by molar-refractivity contribution is 5.97. The molecule has 1 atom stereocenters. The Labute approximate surface area is 509 Å². The van der Waals surface area contributed by atoms with E-state index in [1.165, 1.54) is 14.2 Å². The van der Waals surface area contributed by atoms with Gasteiger partial charge in [-0.2, -0.15) is 20.4 Å². The summed E-state index contributed by atoms with van der Waals surface area (Å²) in [4.78, 5) is 39.9. The van der Waals surface area contributed by atoms with Crippen molar-refractivity contribution in [2.45, 2.75) is 57.7 Å². The van der Waals surface area contributed by atoms with Crippen molar-refractivity contribution >= 4 is 17.5 Å². The van der Waals surface area contributed by atoms with E-state index in [0.717, 1.165) is 123 Å². The molecule has 0 radical (unpaired) electrons. The third-order valence-corrected chi connectivity index (χ3v) is 16.2. The molecule has 8 aromatic carbocycles. The second-order valence-corrected chi connectivity index (χ2v) is 21.6. The normalized spacial score (nSPS) is 11.6. The van der Waals surface area contributed by atoms with Crippen LogP contribution in [0.25, 0.3) is 101 Å². The molecule has 0 amide bonds. The van der Waals surface area contributed by atoms with Gasteiger partial charge >= 0.3 is 5.97 Å². The Morgan fingerprint density at radius 2 is 0.659 bits per heavy atom. The maximum atomic E-state index is 13.8. The minimum absolute atomic E-state index is 0.0387. The number of benzene rings is 8. The first-order chi connectivity index (χ1) is 43.2. The molecule has 0 aliphatic rings. The number of hydrogen-bond acceptors (Lipinski definition) is 10. The lowest BCUT2D eigenvalue weighted by atomic mass is 9.93. The van der Waals surface area contributed by atoms with Crippen LogP contribution in [0, 0.1) is 0 Å². The summed E-state index contributed by atoms with van der Waals surface area (Å²) < 4.78 is 10.3. The second-order valence-electron chi connectivity index (χ2n) is 21.6. The molecular weight excluding hydrogens is 1100 g/mol. The number of carbonyl (C=O) groups excluding carboxylic acids is 3. The third-order valence-electron chi connectivity index (χ3n) is 16.2. The Kier molecular flexibility index (Phi) is 17.5. The molecule has 0 saturated carbocycles. The van der Waals surface area contributed by atoms with Crippen molar-refractivity contribution in [3.63, 3.8) is 0 Å². The van der Waals surface area contributed by atoms with Crippen LogP contribution in [0.1, 0.15) is 68.7 Å². The van der Waals surface area contributed by atoms with Crippen LogP contribution < -0.4 is 0 Å². The van der Waals surface area contributed by atoms with Crippen molar-refractivity contribution in [3.05, 3.63) is 252 Å². The minimum atomic E-state index is -0.922. The molecule has 14 nitrogen and oxygen atoms in total. The highest BCUT2D eigenvalue weighted by Gasteiger charge is 2.25. The number of aliphatic hydroxyl groups is 1. The van der Waals surface area contributed by atoms with Gasteiger partial charge in [0.15, 0.2) is 17.9 Å². The van der Waals surface area contributed by atoms with Crippen molar-refractivity contribution in [3.8, 4) is 101 Å². The summed E-state index contributed by atoms with van der Waals surface area (Å²) in [6.07, 6.45) is 2.01. The standard InChI is InChI=1S/C74H64N8O6/c1-87-65(85)43-39-61-68(52-23-13-6-14-24-52)76-81-73(61)57-27-16-28-58(46-57)74-62(40-44-66(86)88-2)70(78-82-74)54-35-31-48(32-36-54)47-29-33-53(34-30-47)69-60(38-42-64(84)50-19-9-4-10-20-50)72(80-77-69)56-26-15-25-55(45-56)71-59(37-41-63(83)49-17-7-3-8-18-49)67(75-79-71)51-21-11-5-12-22-51/h3-36,45-46,65,85H,37-44H2,1-2H3,(H,75,79)(H,76,81)(H,77,80)(H,78,82). The molecule has 0 bridgehead atoms. The van der Waals surface area contributed by atoms with E-state index in [1.54, 1.807) is 0 Å². The number of aromatic amines is 4. The zero-order chi connectivity index (χ0) is 60.3. The smallest absolute Gasteiger partial charge is 0.305 e. The minimum Gasteiger partial charge on any atom is -0.469 e. The fourth-order valence-electron chi connectivity index (χ4n) is 11.6. The molecule has 4 aromatic heterocycles. The van der Waals surface area contributed by atoms with Crippen LogP contribution in [0.2, 0.25) is 0 Å². The van der Waals surface area contributed by atoms with Crippen molar-refractivity contribution in [1.29, 1.82) is 0 Å². The Hall–Kier alpha value is -10.7. The highest BCUT2D eigenvalue weighted by atomic mass is 16.6. The summed E-state index contributed by atoms with van der Waals surface area (Å²) in [6.45, 7) is 0. The van der Waals surface area contributed by atoms with E-state index >= 15 is 0 Å². The maximum absolute atomic E-state index is 13.8. The number of nitrogens with zero attached hydrogens (tertiary/aromatic N) is 4. The summed E-state index contributed by atoms with van der Waals surface area (Å²) in [5.74, 6) is -0.223. The average molecular weight is 1160 g/mol. The van der Waals surface area contributed by atoms with Gasteiger partial charge in [-0.15, -0.1) is 0 Å². The summed E-state index contributed by atoms with van der Waals surface area (Å²) in [7, 11) is 2.89. The molecule has 0 aliphatic carbocycles. The fraction of sp³-hybridized carbons (Fsp3) is 0.149. The van der Waals surface area contributed by atoms with Gasteiger partial charge in [0, 0.05) is 111 Å². The number of rotatable bonds is 24. The Balaban J connectivity index is 0.834. The molecular formula is C74H64N8O6. The van der Waals surface area contributed by atoms with Crippen LogP contribution >= 0.6 is 0 Å². The van der Waals surface area contributed by atoms with E-state index in [2.05, 4.69) is 68.9 Å². The Morgan fingerprint density at radius 3 is 1.00 bits per heavy atom. The van der Waals surface area contributed by atoms with E-state index in [-0.39, 0.29) is 30.4 Å². The van der Waals surface area contributed by atoms with Crippen LogP contribution in [0.4, 0.5) is 0 Å². The predicted octanol–water partition coefficient (Wildman–Crippen LogP) is 15.2. The van der Waals surface area contributed by atoms with Crippen molar-refractivity contribution < 1.29 is 29.0 Å². The van der Waals surface area contributed by atoms with Gasteiger partial charge in [-0.05, 0) is 48.9 Å². The average Bonchev–Trinajstić information content (AvgIpc) is 4.64. The number of H-pyrrole nitrogens is 4. The number of methoxy groups -OCH3 is 2. The van der Waals surface area contributed by atoms with Gasteiger partial charge in [0.05, 0.1) is 52.7 Å². The highest BCUT2D eigenvalue weighted by Crippen LogP contribution is 2.40. The molecule has 0 spiro atoms. The zero-order valence-electron chi connectivity index (χ0n) is 48.8. The van der Waals surface area contributed by atoms with Gasteiger partial charge in [-0.25, -0.2) is 0 Å². The zero-order valence-corrected chi connectivity index (χ0v) is 48.8. The monoisotopic (exact) mass is 1160 g/mol. The molecule has 88 heavy (non-hydrogen) atoms. The van der Waals surface area contributed by atoms with Crippen molar-refractivity contribution in [1.82, 2.24) is 40.8 Å². The first-order valence-electron chi connectivity index (χ1n) is 29.5. The van der Waals surface area contributed by atoms with E-state index < -0.39 is 6.29 Å². The van der Waals surface area contributed by atoms with Gasteiger partial charge in [0.2, 0.25) is 0 Å². The number of carbonyl (C=O) groups is 3. The Bertz CT molecular complexity index is 4360. The molecule has 0 saturated heterocycles. The van der Waals surface area contributed by atoms with Crippen LogP contribution in [0.3, 0.4) is 0 Å². The summed E-state index contributed by atoms with van der Waals surface area (Å²) >= 11 is 0. The van der Waals surface area contributed by atoms with Crippen LogP contribution in [-0.4, -0.2) is 83.9 Å². The first kappa shape index (κ1) is 57.7. The summed E-state index contributed by atoms with van der Waals surface area (Å²) in [6, 6.07) is 71.6. The molecule has 12 rings (SSSR count). The maximum Gasteiger partial charge on any atom is 0.305 e. The molecule has 436 valence electrons. The van der Waals surface area contributed by atoms with E-state index in [9.17, 15) is 19.5 Å². The summed E-state index contributed by atoms with van der Waals surface area (Å²) in [5.41, 5.74) is 20.6. The molecule has 12 aromatic rings. The molecule has 5 N–H and O–H groups in total. The number of nitrogens with one attached hydrogen (secondary N) is 4. The quantitative estimate of drug-likeness (QED) is 0.0220. The van der Waals surface area contributed by atoms with Gasteiger partial charge in [0.25, 0.3) is 0 Å². The van der Waals surface area contributed by atoms with Crippen molar-refractivity contribution in [2.75, 3.05) is 14.2 Å². The second kappa shape index (κ2) is 26.7. The third kappa shape index (κ3) is 12.7. The van der Waals surface area contributed by atoms with Gasteiger partial charge in [-0.1, -0.05) is 206 Å². The lowest BCUT2D eigenvalue weighted by Gasteiger charge is -2.11. The van der Waals surface area contributed by atoms with Crippen molar-refractivity contribution in [2.24, 2.45) is 0 Å². The lowest BCUT2D eigenvalue weighted by molar-refractivity contribution is -0.140. The molecule has 4 heterocycles. The number of aliphatic hydroxyl groups excluding tert-OH is 1. The van der Waals surface area contributed by atoms with Crippen LogP contribution in [0.5, 0.6) is 0 Å². The number of aromatic nitrogens is 8. The van der Waals surface area contributed by atoms with Gasteiger partial charge in [0.1, 0.15) is 0 Å². The number of hydrogen-bond donors (Lipinski definition) is 5. The molecule has 0 aliphatic heterocycles. The van der Waals surface area contributed by atoms with E-state index in [4.69, 9.17) is 29.9 Å². The number of Topliss-reactive ketones (excluding diaryl/α,β-unsaturated/α-hetero) is 2. The Morgan fingerprint density at radius 1 is 0.364 bits per heavy atom. The number of esters is 1. The number of ketones is 2. The predicted molar refractivity (Wildman–Crippen MR) is 344 cm³/mol. The molecule has 0 fully saturated rings. The largest absolute Gasteiger partial charge is 0.469 e. The number of ether oxygens (including phenoxy) is 2. The van der Waals surface area contributed by atoms with Gasteiger partial charge in [-0.3, -0.25) is 34.8 Å². The molecule has 1 unspecified atom stereocenters. The fourth-order valence-corrected chi connectivity index (χ4v) is 11.6. The van der Waals surface area contributed by atoms with E-state index in [1.807, 2.05) is 170 Å². The summed E-state index contributed by atoms with van der Waals surface area (Å²) in [5, 5.41) is 43.2. The lowest BCUT2D eigenvalue weighted by Crippen LogP contribution is -2.10. The SMILES string of the molecule is COC(=O)CCc1c(-c2ccc(-c3ccc(-c4n[nH]c(-c5cccc(-c6[nH]nc(-c7ccccc7)c6CCC(=O)c6ccccc6)c5)c4CCC(=O)c4ccccc4)cc3)cc2)n[nH]c1-c1cccc(-c2[nH]nc(-c3ccccc3)c2CCC(O)OC)c1. The topological polar surface area (TPSA) is 205 Å². The van der Waals surface area contributed by atoms with Crippen LogP contribution in [-0.2, 0) is 40.0 Å².